The molecule has 5 heteroatoms. The van der Waals surface area contributed by atoms with Gasteiger partial charge in [-0.1, -0.05) is 30.3 Å². The first kappa shape index (κ1) is 16.5. The molecule has 2 rings (SSSR count). The lowest BCUT2D eigenvalue weighted by Gasteiger charge is -2.19. The molecule has 118 valence electrons. The zero-order chi connectivity index (χ0) is 15.9. The van der Waals surface area contributed by atoms with Crippen molar-refractivity contribution < 1.29 is 14.6 Å². The number of rotatable bonds is 7. The van der Waals surface area contributed by atoms with E-state index in [1.165, 1.54) is 11.3 Å². The molecule has 2 aromatic rings. The molecule has 0 fully saturated rings. The van der Waals surface area contributed by atoms with Gasteiger partial charge in [-0.3, -0.25) is 4.79 Å². The lowest BCUT2D eigenvalue weighted by atomic mass is 9.93. The smallest absolute Gasteiger partial charge is 0.265 e. The maximum atomic E-state index is 12.3. The zero-order valence-electron chi connectivity index (χ0n) is 12.8. The number of methoxy groups -OCH3 is 1. The van der Waals surface area contributed by atoms with Gasteiger partial charge in [-0.25, -0.2) is 0 Å². The second kappa shape index (κ2) is 7.96. The molecule has 0 saturated carbocycles. The van der Waals surface area contributed by atoms with Gasteiger partial charge in [0.2, 0.25) is 0 Å². The maximum absolute atomic E-state index is 12.3. The second-order valence-corrected chi connectivity index (χ2v) is 6.14. The highest BCUT2D eigenvalue weighted by molar-refractivity contribution is 7.12. The Kier molecular flexibility index (Phi) is 5.98. The molecule has 0 aliphatic carbocycles. The summed E-state index contributed by atoms with van der Waals surface area (Å²) in [5, 5.41) is 14.5. The molecule has 0 aliphatic rings. The van der Waals surface area contributed by atoms with Crippen LogP contribution in [-0.4, -0.2) is 30.8 Å². The topological polar surface area (TPSA) is 58.6 Å². The number of thiophene rings is 1. The first-order chi connectivity index (χ1) is 10.6. The number of aliphatic hydroxyl groups is 1. The van der Waals surface area contributed by atoms with Crippen molar-refractivity contribution in [2.45, 2.75) is 25.4 Å². The molecule has 2 N–H and O–H groups in total. The SMILES string of the molecule is COc1ccsc1C(=O)NC[C@H](C[C@@H](C)O)c1ccccc1. The van der Waals surface area contributed by atoms with Crippen molar-refractivity contribution >= 4 is 17.2 Å². The van der Waals surface area contributed by atoms with Crippen LogP contribution in [0.15, 0.2) is 41.8 Å². The monoisotopic (exact) mass is 319 g/mol. The highest BCUT2D eigenvalue weighted by Gasteiger charge is 2.18. The maximum Gasteiger partial charge on any atom is 0.265 e. The zero-order valence-corrected chi connectivity index (χ0v) is 13.6. The molecule has 0 bridgehead atoms. The number of nitrogens with one attached hydrogen (secondary N) is 1. The second-order valence-electron chi connectivity index (χ2n) is 5.22. The summed E-state index contributed by atoms with van der Waals surface area (Å²) in [6.07, 6.45) is 0.185. The quantitative estimate of drug-likeness (QED) is 0.824. The molecule has 2 atom stereocenters. The lowest BCUT2D eigenvalue weighted by molar-refractivity contribution is 0.0947. The summed E-state index contributed by atoms with van der Waals surface area (Å²) in [6, 6.07) is 11.7. The summed E-state index contributed by atoms with van der Waals surface area (Å²) in [5.41, 5.74) is 1.11. The van der Waals surface area contributed by atoms with Crippen LogP contribution in [0.1, 0.15) is 34.5 Å². The lowest BCUT2D eigenvalue weighted by Crippen LogP contribution is -2.29. The molecule has 0 aliphatic heterocycles. The van der Waals surface area contributed by atoms with E-state index in [1.807, 2.05) is 35.7 Å². The summed E-state index contributed by atoms with van der Waals surface area (Å²) in [5.74, 6) is 0.531. The molecule has 0 saturated heterocycles. The molecule has 1 amide bonds. The Hall–Kier alpha value is -1.85. The van der Waals surface area contributed by atoms with Crippen molar-refractivity contribution in [1.29, 1.82) is 0 Å². The van der Waals surface area contributed by atoms with Gasteiger partial charge in [-0.2, -0.15) is 0 Å². The van der Waals surface area contributed by atoms with Gasteiger partial charge in [-0.05, 0) is 30.4 Å². The first-order valence-corrected chi connectivity index (χ1v) is 8.12. The van der Waals surface area contributed by atoms with E-state index in [4.69, 9.17) is 4.74 Å². The Morgan fingerprint density at radius 3 is 2.68 bits per heavy atom. The van der Waals surface area contributed by atoms with Gasteiger partial charge in [0.1, 0.15) is 10.6 Å². The normalized spacial score (nSPS) is 13.4. The Labute approximate surface area is 134 Å². The number of hydrogen-bond donors (Lipinski definition) is 2. The number of aliphatic hydroxyl groups excluding tert-OH is 1. The first-order valence-electron chi connectivity index (χ1n) is 7.24. The highest BCUT2D eigenvalue weighted by atomic mass is 32.1. The van der Waals surface area contributed by atoms with Gasteiger partial charge in [-0.15, -0.1) is 11.3 Å². The van der Waals surface area contributed by atoms with E-state index in [2.05, 4.69) is 5.32 Å². The molecule has 1 aromatic heterocycles. The summed E-state index contributed by atoms with van der Waals surface area (Å²) in [4.78, 5) is 12.8. The minimum Gasteiger partial charge on any atom is -0.495 e. The Bertz CT molecular complexity index is 595. The molecule has 0 radical (unpaired) electrons. The van der Waals surface area contributed by atoms with E-state index in [-0.39, 0.29) is 11.8 Å². The van der Waals surface area contributed by atoms with Crippen molar-refractivity contribution in [2.75, 3.05) is 13.7 Å². The summed E-state index contributed by atoms with van der Waals surface area (Å²) in [6.45, 7) is 2.24. The van der Waals surface area contributed by atoms with Crippen molar-refractivity contribution in [3.8, 4) is 5.75 Å². The predicted molar refractivity (Wildman–Crippen MR) is 88.7 cm³/mol. The van der Waals surface area contributed by atoms with Gasteiger partial charge in [0, 0.05) is 12.5 Å². The fraction of sp³-hybridized carbons (Fsp3) is 0.353. The summed E-state index contributed by atoms with van der Waals surface area (Å²) in [7, 11) is 1.55. The van der Waals surface area contributed by atoms with Crippen LogP contribution in [0.3, 0.4) is 0 Å². The van der Waals surface area contributed by atoms with E-state index < -0.39 is 6.10 Å². The van der Waals surface area contributed by atoms with Crippen LogP contribution in [-0.2, 0) is 0 Å². The molecule has 22 heavy (non-hydrogen) atoms. The van der Waals surface area contributed by atoms with Gasteiger partial charge < -0.3 is 15.2 Å². The van der Waals surface area contributed by atoms with E-state index in [0.29, 0.717) is 23.6 Å². The molecule has 1 aromatic carbocycles. The third-order valence-electron chi connectivity index (χ3n) is 3.46. The average Bonchev–Trinajstić information content (AvgIpc) is 3.00. The van der Waals surface area contributed by atoms with E-state index >= 15 is 0 Å². The Balaban J connectivity index is 2.04. The van der Waals surface area contributed by atoms with E-state index in [0.717, 1.165) is 5.56 Å². The van der Waals surface area contributed by atoms with Crippen LogP contribution in [0.5, 0.6) is 5.75 Å². The number of hydrogen-bond acceptors (Lipinski definition) is 4. The Morgan fingerprint density at radius 1 is 1.32 bits per heavy atom. The van der Waals surface area contributed by atoms with Crippen LogP contribution >= 0.6 is 11.3 Å². The number of carbonyl (C=O) groups is 1. The van der Waals surface area contributed by atoms with Crippen molar-refractivity contribution in [3.63, 3.8) is 0 Å². The third kappa shape index (κ3) is 4.32. The molecule has 0 spiro atoms. The number of ether oxygens (including phenoxy) is 1. The average molecular weight is 319 g/mol. The molecule has 1 heterocycles. The van der Waals surface area contributed by atoms with Crippen LogP contribution in [0.2, 0.25) is 0 Å². The molecular weight excluding hydrogens is 298 g/mol. The highest BCUT2D eigenvalue weighted by Crippen LogP contribution is 2.25. The van der Waals surface area contributed by atoms with Crippen molar-refractivity contribution in [3.05, 3.63) is 52.2 Å². The number of amides is 1. The summed E-state index contributed by atoms with van der Waals surface area (Å²) < 4.78 is 5.17. The largest absolute Gasteiger partial charge is 0.495 e. The third-order valence-corrected chi connectivity index (χ3v) is 4.36. The number of benzene rings is 1. The fourth-order valence-electron chi connectivity index (χ4n) is 2.39. The predicted octanol–water partition coefficient (Wildman–Crippen LogP) is 3.04. The van der Waals surface area contributed by atoms with Crippen LogP contribution in [0, 0.1) is 0 Å². The molecule has 0 unspecified atom stereocenters. The molecular formula is C17H21NO3S. The van der Waals surface area contributed by atoms with Gasteiger partial charge in [0.15, 0.2) is 0 Å². The van der Waals surface area contributed by atoms with Crippen LogP contribution in [0.25, 0.3) is 0 Å². The standard InChI is InChI=1S/C17H21NO3S/c1-12(19)10-14(13-6-4-3-5-7-13)11-18-17(20)16-15(21-2)8-9-22-16/h3-9,12,14,19H,10-11H2,1-2H3,(H,18,20)/t12-,14+/m1/s1. The summed E-state index contributed by atoms with van der Waals surface area (Å²) >= 11 is 1.36. The fourth-order valence-corrected chi connectivity index (χ4v) is 3.17. The van der Waals surface area contributed by atoms with Crippen molar-refractivity contribution in [2.24, 2.45) is 0 Å². The van der Waals surface area contributed by atoms with Crippen molar-refractivity contribution in [1.82, 2.24) is 5.32 Å². The van der Waals surface area contributed by atoms with Crippen LogP contribution < -0.4 is 10.1 Å². The van der Waals surface area contributed by atoms with Gasteiger partial charge in [0.25, 0.3) is 5.91 Å². The Morgan fingerprint density at radius 2 is 2.05 bits per heavy atom. The van der Waals surface area contributed by atoms with Gasteiger partial charge >= 0.3 is 0 Å². The minimum absolute atomic E-state index is 0.0797. The number of carbonyl (C=O) groups excluding carboxylic acids is 1. The minimum atomic E-state index is -0.418. The van der Waals surface area contributed by atoms with E-state index in [1.54, 1.807) is 20.1 Å². The van der Waals surface area contributed by atoms with Crippen LogP contribution in [0.4, 0.5) is 0 Å². The molecule has 4 nitrogen and oxygen atoms in total. The van der Waals surface area contributed by atoms with Gasteiger partial charge in [0.05, 0.1) is 13.2 Å². The van der Waals surface area contributed by atoms with E-state index in [9.17, 15) is 9.90 Å².